The highest BCUT2D eigenvalue weighted by atomic mass is 16.3. The second-order valence-corrected chi connectivity index (χ2v) is 5.56. The van der Waals surface area contributed by atoms with Crippen molar-refractivity contribution in [2.45, 2.75) is 40.0 Å². The molecule has 1 aromatic carbocycles. The monoisotopic (exact) mass is 274 g/mol. The van der Waals surface area contributed by atoms with Crippen molar-refractivity contribution in [2.75, 3.05) is 0 Å². The number of nitrogens with zero attached hydrogens (tertiary/aromatic N) is 1. The maximum atomic E-state index is 12.1. The molecule has 2 aromatic rings. The van der Waals surface area contributed by atoms with E-state index in [0.717, 1.165) is 16.5 Å². The van der Waals surface area contributed by atoms with E-state index in [1.54, 1.807) is 0 Å². The zero-order valence-electron chi connectivity index (χ0n) is 12.3. The van der Waals surface area contributed by atoms with Gasteiger partial charge in [0.2, 0.25) is 5.91 Å². The van der Waals surface area contributed by atoms with Crippen LogP contribution in [0.5, 0.6) is 0 Å². The average molecular weight is 274 g/mol. The molecule has 0 saturated carbocycles. The van der Waals surface area contributed by atoms with Crippen molar-refractivity contribution in [3.8, 4) is 0 Å². The Balaban J connectivity index is 2.19. The lowest BCUT2D eigenvalue weighted by molar-refractivity contribution is -0.122. The molecule has 20 heavy (non-hydrogen) atoms. The van der Waals surface area contributed by atoms with Crippen LogP contribution in [0.3, 0.4) is 0 Å². The van der Waals surface area contributed by atoms with Gasteiger partial charge in [-0.2, -0.15) is 0 Å². The van der Waals surface area contributed by atoms with Crippen LogP contribution in [0.4, 0.5) is 0 Å². The van der Waals surface area contributed by atoms with Crippen LogP contribution in [0.2, 0.25) is 0 Å². The number of rotatable bonds is 5. The molecule has 1 heterocycles. The number of aliphatic hydroxyl groups is 1. The third-order valence-corrected chi connectivity index (χ3v) is 3.74. The summed E-state index contributed by atoms with van der Waals surface area (Å²) >= 11 is 0. The predicted octanol–water partition coefficient (Wildman–Crippen LogP) is 2.29. The summed E-state index contributed by atoms with van der Waals surface area (Å²) in [5, 5.41) is 13.4. The van der Waals surface area contributed by atoms with Crippen molar-refractivity contribution in [1.82, 2.24) is 9.88 Å². The molecular formula is C16H22N2O2. The van der Waals surface area contributed by atoms with Crippen molar-refractivity contribution in [3.63, 3.8) is 0 Å². The van der Waals surface area contributed by atoms with Gasteiger partial charge in [-0.25, -0.2) is 0 Å². The highest BCUT2D eigenvalue weighted by molar-refractivity contribution is 5.86. The van der Waals surface area contributed by atoms with Gasteiger partial charge in [-0.15, -0.1) is 0 Å². The number of carbonyl (C=O) groups excluding carboxylic acids is 1. The molecule has 0 spiro atoms. The third-order valence-electron chi connectivity index (χ3n) is 3.74. The summed E-state index contributed by atoms with van der Waals surface area (Å²) in [4.78, 5) is 12.1. The number of amides is 1. The van der Waals surface area contributed by atoms with Crippen LogP contribution >= 0.6 is 0 Å². The zero-order chi connectivity index (χ0) is 14.7. The molecule has 1 aromatic heterocycles. The van der Waals surface area contributed by atoms with E-state index in [2.05, 4.69) is 19.2 Å². The molecular weight excluding hydrogens is 252 g/mol. The normalized spacial score (nSPS) is 12.8. The molecule has 0 fully saturated rings. The number of fused-ring (bicyclic) bond motifs is 1. The van der Waals surface area contributed by atoms with Gasteiger partial charge < -0.3 is 15.0 Å². The summed E-state index contributed by atoms with van der Waals surface area (Å²) in [7, 11) is 0. The number of aliphatic hydroxyl groups excluding tert-OH is 1. The molecule has 108 valence electrons. The van der Waals surface area contributed by atoms with Crippen LogP contribution in [0, 0.1) is 5.92 Å². The number of nitrogens with one attached hydrogen (secondary N) is 1. The van der Waals surface area contributed by atoms with E-state index >= 15 is 0 Å². The number of para-hydroxylation sites is 1. The molecule has 0 aliphatic rings. The van der Waals surface area contributed by atoms with Gasteiger partial charge in [0.05, 0.1) is 6.61 Å². The van der Waals surface area contributed by atoms with E-state index in [1.807, 2.05) is 42.0 Å². The largest absolute Gasteiger partial charge is 0.392 e. The van der Waals surface area contributed by atoms with Crippen LogP contribution in [0.15, 0.2) is 30.5 Å². The quantitative estimate of drug-likeness (QED) is 0.879. The first-order chi connectivity index (χ1) is 9.52. The Morgan fingerprint density at radius 1 is 1.30 bits per heavy atom. The highest BCUT2D eigenvalue weighted by Crippen LogP contribution is 2.21. The Hall–Kier alpha value is -1.81. The van der Waals surface area contributed by atoms with Gasteiger partial charge in [0.25, 0.3) is 0 Å². The van der Waals surface area contributed by atoms with Crippen molar-refractivity contribution in [3.05, 3.63) is 36.0 Å². The summed E-state index contributed by atoms with van der Waals surface area (Å²) in [5.74, 6) is 0.407. The van der Waals surface area contributed by atoms with Crippen LogP contribution in [0.25, 0.3) is 10.9 Å². The lowest BCUT2D eigenvalue weighted by Crippen LogP contribution is -2.38. The predicted molar refractivity (Wildman–Crippen MR) is 80.3 cm³/mol. The maximum Gasteiger partial charge on any atom is 0.240 e. The standard InChI is InChI=1S/C16H22N2O2/c1-11(2)12(3)17-16(20)9-18-8-13(10-19)14-6-4-5-7-15(14)18/h4-8,11-12,19H,9-10H2,1-3H3,(H,17,20). The number of hydrogen-bond donors (Lipinski definition) is 2. The summed E-state index contributed by atoms with van der Waals surface area (Å²) in [5.41, 5.74) is 1.83. The fourth-order valence-corrected chi connectivity index (χ4v) is 2.20. The molecule has 0 saturated heterocycles. The van der Waals surface area contributed by atoms with Gasteiger partial charge in [0, 0.05) is 28.7 Å². The molecule has 0 aliphatic heterocycles. The minimum Gasteiger partial charge on any atom is -0.392 e. The van der Waals surface area contributed by atoms with E-state index in [9.17, 15) is 9.90 Å². The van der Waals surface area contributed by atoms with Crippen LogP contribution < -0.4 is 5.32 Å². The first-order valence-electron chi connectivity index (χ1n) is 7.00. The molecule has 4 heteroatoms. The van der Waals surface area contributed by atoms with E-state index in [4.69, 9.17) is 0 Å². The second-order valence-electron chi connectivity index (χ2n) is 5.56. The molecule has 0 radical (unpaired) electrons. The minimum atomic E-state index is -0.0163. The van der Waals surface area contributed by atoms with E-state index < -0.39 is 0 Å². The van der Waals surface area contributed by atoms with Crippen molar-refractivity contribution >= 4 is 16.8 Å². The van der Waals surface area contributed by atoms with Crippen LogP contribution in [-0.4, -0.2) is 21.6 Å². The molecule has 2 N–H and O–H groups in total. The van der Waals surface area contributed by atoms with Gasteiger partial charge in [-0.1, -0.05) is 32.0 Å². The Morgan fingerprint density at radius 2 is 2.00 bits per heavy atom. The summed E-state index contributed by atoms with van der Waals surface area (Å²) in [6, 6.07) is 7.96. The van der Waals surface area contributed by atoms with Crippen LogP contribution in [0.1, 0.15) is 26.3 Å². The fourth-order valence-electron chi connectivity index (χ4n) is 2.20. The van der Waals surface area contributed by atoms with Gasteiger partial charge >= 0.3 is 0 Å². The van der Waals surface area contributed by atoms with Crippen molar-refractivity contribution < 1.29 is 9.90 Å². The number of aromatic nitrogens is 1. The second kappa shape index (κ2) is 6.09. The maximum absolute atomic E-state index is 12.1. The Labute approximate surface area is 119 Å². The van der Waals surface area contributed by atoms with Gasteiger partial charge in [-0.3, -0.25) is 4.79 Å². The minimum absolute atomic E-state index is 0.00329. The van der Waals surface area contributed by atoms with Crippen molar-refractivity contribution in [1.29, 1.82) is 0 Å². The van der Waals surface area contributed by atoms with Gasteiger partial charge in [-0.05, 0) is 18.9 Å². The Bertz CT molecular complexity index is 602. The van der Waals surface area contributed by atoms with E-state index in [-0.39, 0.29) is 25.1 Å². The van der Waals surface area contributed by atoms with Gasteiger partial charge in [0.1, 0.15) is 6.54 Å². The average Bonchev–Trinajstić information content (AvgIpc) is 2.77. The van der Waals surface area contributed by atoms with E-state index in [1.165, 1.54) is 0 Å². The molecule has 0 bridgehead atoms. The molecule has 1 unspecified atom stereocenters. The van der Waals surface area contributed by atoms with Crippen molar-refractivity contribution in [2.24, 2.45) is 5.92 Å². The first kappa shape index (κ1) is 14.6. The molecule has 1 atom stereocenters. The first-order valence-corrected chi connectivity index (χ1v) is 7.00. The SMILES string of the molecule is CC(C)C(C)NC(=O)Cn1cc(CO)c2ccccc21. The van der Waals surface area contributed by atoms with Gasteiger partial charge in [0.15, 0.2) is 0 Å². The summed E-state index contributed by atoms with van der Waals surface area (Å²) < 4.78 is 1.89. The molecule has 0 aliphatic carbocycles. The molecule has 4 nitrogen and oxygen atoms in total. The fraction of sp³-hybridized carbons (Fsp3) is 0.438. The number of hydrogen-bond acceptors (Lipinski definition) is 2. The zero-order valence-corrected chi connectivity index (χ0v) is 12.3. The topological polar surface area (TPSA) is 54.3 Å². The van der Waals surface area contributed by atoms with E-state index in [0.29, 0.717) is 5.92 Å². The Morgan fingerprint density at radius 3 is 2.65 bits per heavy atom. The van der Waals surface area contributed by atoms with Crippen LogP contribution in [-0.2, 0) is 17.9 Å². The smallest absolute Gasteiger partial charge is 0.240 e. The summed E-state index contributed by atoms with van der Waals surface area (Å²) in [6.07, 6.45) is 1.85. The lowest BCUT2D eigenvalue weighted by Gasteiger charge is -2.17. The molecule has 1 amide bonds. The molecule has 2 rings (SSSR count). The lowest BCUT2D eigenvalue weighted by atomic mass is 10.1. The third kappa shape index (κ3) is 3.02. The number of carbonyl (C=O) groups is 1. The Kier molecular flexibility index (Phi) is 4.45. The highest BCUT2D eigenvalue weighted by Gasteiger charge is 2.13. The number of benzene rings is 1. The summed E-state index contributed by atoms with van der Waals surface area (Å²) in [6.45, 7) is 6.43.